The molecule has 58 heavy (non-hydrogen) atoms. The summed E-state index contributed by atoms with van der Waals surface area (Å²) in [4.78, 5) is 2.43. The van der Waals surface area contributed by atoms with E-state index in [1.165, 1.54) is 61.3 Å². The molecule has 0 spiro atoms. The Kier molecular flexibility index (Phi) is 10.3. The van der Waals surface area contributed by atoms with E-state index in [9.17, 15) is 0 Å². The topological polar surface area (TPSA) is 21.3 Å². The molecule has 284 valence electrons. The van der Waals surface area contributed by atoms with Gasteiger partial charge in [-0.15, -0.1) is 23.3 Å². The molecule has 3 nitrogen and oxygen atoms in total. The Morgan fingerprint density at radius 2 is 1.34 bits per heavy atom. The lowest BCUT2D eigenvalue weighted by molar-refractivity contribution is 0.670. The molecule has 2 aromatic heterocycles. The minimum Gasteiger partial charge on any atom is -0.455 e. The third-order valence-corrected chi connectivity index (χ3v) is 11.4. The molecule has 2 bridgehead atoms. The van der Waals surface area contributed by atoms with Crippen LogP contribution in [-0.4, -0.2) is 4.57 Å². The molecular weight excluding hydrogens is 745 g/mol. The average molecular weight is 789 g/mol. The number of para-hydroxylation sites is 4. The van der Waals surface area contributed by atoms with Gasteiger partial charge in [-0.05, 0) is 83.0 Å². The van der Waals surface area contributed by atoms with E-state index in [0.717, 1.165) is 45.0 Å². The summed E-state index contributed by atoms with van der Waals surface area (Å²) >= 11 is 6.44. The van der Waals surface area contributed by atoms with Gasteiger partial charge < -0.3 is 13.9 Å². The summed E-state index contributed by atoms with van der Waals surface area (Å²) in [7, 11) is 0. The highest BCUT2D eigenvalue weighted by Gasteiger charge is 2.28. The Hall–Kier alpha value is -6.14. The molecule has 0 amide bonds. The zero-order chi connectivity index (χ0) is 39.8. The van der Waals surface area contributed by atoms with Crippen molar-refractivity contribution in [3.8, 4) is 11.1 Å². The number of hydrogen-bond donors (Lipinski definition) is 2. The monoisotopic (exact) mass is 788 g/mol. The van der Waals surface area contributed by atoms with Gasteiger partial charge in [-0.1, -0.05) is 142 Å². The molecule has 1 atom stereocenters. The number of benzene rings is 6. The highest BCUT2D eigenvalue weighted by molar-refractivity contribution is 8.59. The number of fused-ring (bicyclic) bond motifs is 10. The van der Waals surface area contributed by atoms with Gasteiger partial charge in [-0.25, -0.2) is 0 Å². The quantitative estimate of drug-likeness (QED) is 0.137. The molecule has 0 saturated heterocycles. The van der Waals surface area contributed by atoms with Gasteiger partial charge in [0.15, 0.2) is 0 Å². The van der Waals surface area contributed by atoms with E-state index < -0.39 is 0 Å². The Labute approximate surface area is 350 Å². The van der Waals surface area contributed by atoms with E-state index in [0.29, 0.717) is 0 Å². The first-order valence-electron chi connectivity index (χ1n) is 20.0. The normalized spacial score (nSPS) is 15.7. The number of nitrogens with zero attached hydrogens (tertiary/aromatic N) is 2. The van der Waals surface area contributed by atoms with Gasteiger partial charge in [0.1, 0.15) is 11.2 Å². The van der Waals surface area contributed by atoms with Crippen molar-refractivity contribution < 1.29 is 4.42 Å². The predicted octanol–water partition coefficient (Wildman–Crippen LogP) is 15.7. The highest BCUT2D eigenvalue weighted by atomic mass is 33.1. The van der Waals surface area contributed by atoms with Crippen molar-refractivity contribution >= 4 is 95.3 Å². The van der Waals surface area contributed by atoms with Crippen molar-refractivity contribution in [3.05, 3.63) is 199 Å². The second-order valence-corrected chi connectivity index (χ2v) is 14.5. The molecular formula is C53H44N2OS2. The van der Waals surface area contributed by atoms with Crippen LogP contribution in [0.5, 0.6) is 0 Å². The second-order valence-electron chi connectivity index (χ2n) is 14.5. The maximum absolute atomic E-state index is 6.75. The Balaban J connectivity index is 0.00000106. The van der Waals surface area contributed by atoms with Crippen LogP contribution >= 0.6 is 23.3 Å². The van der Waals surface area contributed by atoms with E-state index in [2.05, 4.69) is 222 Å². The van der Waals surface area contributed by atoms with Crippen LogP contribution in [0, 0.1) is 5.92 Å². The van der Waals surface area contributed by atoms with Gasteiger partial charge in [0, 0.05) is 62.1 Å². The van der Waals surface area contributed by atoms with Crippen molar-refractivity contribution in [1.82, 2.24) is 4.57 Å². The lowest BCUT2D eigenvalue weighted by Gasteiger charge is -2.35. The van der Waals surface area contributed by atoms with Crippen LogP contribution in [0.4, 0.5) is 11.4 Å². The average Bonchev–Trinajstić information content (AvgIpc) is 3.65. The number of hydrogen-bond acceptors (Lipinski definition) is 4. The fourth-order valence-electron chi connectivity index (χ4n) is 8.81. The number of allylic oxidation sites excluding steroid dienone is 11. The van der Waals surface area contributed by atoms with Crippen molar-refractivity contribution in [2.75, 3.05) is 4.90 Å². The summed E-state index contributed by atoms with van der Waals surface area (Å²) < 4.78 is 9.21. The molecule has 5 heteroatoms. The number of thiol groups is 2. The zero-order valence-corrected chi connectivity index (χ0v) is 34.6. The summed E-state index contributed by atoms with van der Waals surface area (Å²) in [6.45, 7) is 6.28. The van der Waals surface area contributed by atoms with Crippen molar-refractivity contribution in [2.24, 2.45) is 5.92 Å². The minimum atomic E-state index is 0.249. The van der Waals surface area contributed by atoms with Gasteiger partial charge in [0.05, 0.1) is 16.7 Å². The van der Waals surface area contributed by atoms with Crippen LogP contribution in [0.25, 0.3) is 71.7 Å². The number of aromatic nitrogens is 1. The summed E-state index contributed by atoms with van der Waals surface area (Å²) in [6, 6.07) is 48.3. The molecule has 3 heterocycles. The van der Waals surface area contributed by atoms with E-state index >= 15 is 0 Å². The van der Waals surface area contributed by atoms with E-state index in [1.807, 2.05) is 13.8 Å². The Bertz CT molecular complexity index is 3040. The lowest BCUT2D eigenvalue weighted by Crippen LogP contribution is -2.22. The fourth-order valence-corrected chi connectivity index (χ4v) is 8.81. The zero-order valence-electron chi connectivity index (χ0n) is 32.8. The molecule has 2 aliphatic carbocycles. The van der Waals surface area contributed by atoms with Gasteiger partial charge in [0.25, 0.3) is 0 Å². The van der Waals surface area contributed by atoms with Crippen LogP contribution in [0.15, 0.2) is 192 Å². The molecule has 1 aliphatic heterocycles. The summed E-state index contributed by atoms with van der Waals surface area (Å²) in [5.74, 6) is 0.249. The van der Waals surface area contributed by atoms with E-state index in [1.54, 1.807) is 0 Å². The molecule has 8 aromatic rings. The van der Waals surface area contributed by atoms with Crippen molar-refractivity contribution in [2.45, 2.75) is 27.2 Å². The van der Waals surface area contributed by atoms with Gasteiger partial charge in [-0.3, -0.25) is 0 Å². The third-order valence-electron chi connectivity index (χ3n) is 11.4. The SMILES string of the molecule is CC.CC1C=CC=CC=C1n1c2ccccc2c2ccc(-c3cc(C4=CC=C5CC(=C4)N(c4ccccc4)c4ccccc45)cc4c3oc3ccccc34)cc21.SS. The van der Waals surface area contributed by atoms with Gasteiger partial charge >= 0.3 is 0 Å². The molecule has 0 fully saturated rings. The molecule has 11 rings (SSSR count). The first-order valence-corrected chi connectivity index (χ1v) is 21.6. The summed E-state index contributed by atoms with van der Waals surface area (Å²) in [5, 5.41) is 4.74. The molecule has 1 unspecified atom stereocenters. The number of rotatable bonds is 4. The summed E-state index contributed by atoms with van der Waals surface area (Å²) in [6.07, 6.45) is 18.8. The van der Waals surface area contributed by atoms with Crippen LogP contribution in [0.2, 0.25) is 0 Å². The second kappa shape index (κ2) is 16.0. The molecule has 0 radical (unpaired) electrons. The van der Waals surface area contributed by atoms with Gasteiger partial charge in [0.2, 0.25) is 0 Å². The maximum atomic E-state index is 6.75. The largest absolute Gasteiger partial charge is 0.455 e. The maximum Gasteiger partial charge on any atom is 0.143 e. The van der Waals surface area contributed by atoms with E-state index in [-0.39, 0.29) is 5.92 Å². The molecule has 6 aromatic carbocycles. The molecule has 3 aliphatic rings. The Morgan fingerprint density at radius 3 is 2.21 bits per heavy atom. The summed E-state index contributed by atoms with van der Waals surface area (Å²) in [5.41, 5.74) is 16.3. The molecule has 0 saturated carbocycles. The minimum absolute atomic E-state index is 0.249. The van der Waals surface area contributed by atoms with Crippen molar-refractivity contribution in [1.29, 1.82) is 0 Å². The first kappa shape index (κ1) is 37.4. The van der Waals surface area contributed by atoms with Crippen LogP contribution in [-0.2, 0) is 0 Å². The Morgan fingerprint density at radius 1 is 0.603 bits per heavy atom. The highest BCUT2D eigenvalue weighted by Crippen LogP contribution is 2.47. The number of anilines is 2. The fraction of sp³-hybridized carbons (Fsp3) is 0.0943. The predicted molar refractivity (Wildman–Crippen MR) is 257 cm³/mol. The third kappa shape index (κ3) is 6.35. The van der Waals surface area contributed by atoms with Gasteiger partial charge in [-0.2, -0.15) is 0 Å². The number of furan rings is 1. The smallest absolute Gasteiger partial charge is 0.143 e. The van der Waals surface area contributed by atoms with Crippen LogP contribution < -0.4 is 4.90 Å². The lowest BCUT2D eigenvalue weighted by atomic mass is 9.92. The van der Waals surface area contributed by atoms with E-state index in [4.69, 9.17) is 4.42 Å². The van der Waals surface area contributed by atoms with Crippen LogP contribution in [0.1, 0.15) is 38.3 Å². The van der Waals surface area contributed by atoms with Crippen molar-refractivity contribution in [3.63, 3.8) is 0 Å². The van der Waals surface area contributed by atoms with Crippen LogP contribution in [0.3, 0.4) is 0 Å². The first-order chi connectivity index (χ1) is 28.7. The molecule has 0 N–H and O–H groups in total. The standard InChI is InChI=1S/C51H36N2O.C2H6.H2S2/c1-33-14-4-2-7-20-46(33)53-48-22-12-9-18-41(48)42-27-26-36(32-49(42)53)44-30-37(31-45-43-19-10-13-23-50(43)54-51(44)45)34-24-25-35-29-39(28-34)52(38-15-5-3-6-16-38)47-21-11-8-17-40(35)47;2*1-2/h2-28,30-33H,29H2,1H3;1-2H3;1-2H.